The summed E-state index contributed by atoms with van der Waals surface area (Å²) in [5.74, 6) is 0. The Morgan fingerprint density at radius 2 is 2.09 bits per heavy atom. The van der Waals surface area contributed by atoms with Crippen molar-refractivity contribution < 1.29 is 4.92 Å². The SMILES string of the molecule is CN(c1[c]ccc([N+](=O)[O-])c1-c1cccs1)C1CCCCC1. The zero-order valence-corrected chi connectivity index (χ0v) is 13.4. The van der Waals surface area contributed by atoms with E-state index in [0.717, 1.165) is 23.4 Å². The van der Waals surface area contributed by atoms with E-state index in [4.69, 9.17) is 0 Å². The average molecular weight is 315 g/mol. The molecule has 115 valence electrons. The van der Waals surface area contributed by atoms with Gasteiger partial charge < -0.3 is 4.90 Å². The Morgan fingerprint density at radius 3 is 2.73 bits per heavy atom. The van der Waals surface area contributed by atoms with E-state index in [1.807, 2.05) is 24.6 Å². The van der Waals surface area contributed by atoms with Gasteiger partial charge in [-0.1, -0.05) is 25.3 Å². The van der Waals surface area contributed by atoms with Gasteiger partial charge in [0.05, 0.1) is 16.2 Å². The van der Waals surface area contributed by atoms with Gasteiger partial charge in [-0.15, -0.1) is 11.3 Å². The third-order valence-electron chi connectivity index (χ3n) is 4.39. The Labute approximate surface area is 134 Å². The van der Waals surface area contributed by atoms with E-state index in [2.05, 4.69) is 11.0 Å². The highest BCUT2D eigenvalue weighted by atomic mass is 32.1. The first-order chi connectivity index (χ1) is 10.7. The molecule has 4 nitrogen and oxygen atoms in total. The molecule has 0 aliphatic heterocycles. The standard InChI is InChI=1S/C17H19N2O2S/c1-18(13-7-3-2-4-8-13)14-9-5-10-15(19(20)21)17(14)16-11-6-12-22-16/h5-6,10-13H,2-4,7-8H2,1H3. The van der Waals surface area contributed by atoms with Crippen molar-refractivity contribution in [3.63, 3.8) is 0 Å². The number of hydrogen-bond acceptors (Lipinski definition) is 4. The zero-order valence-electron chi connectivity index (χ0n) is 12.6. The largest absolute Gasteiger partial charge is 0.370 e. The van der Waals surface area contributed by atoms with Crippen LogP contribution in [0.1, 0.15) is 32.1 Å². The molecule has 1 aromatic heterocycles. The number of nitro benzene ring substituents is 1. The van der Waals surface area contributed by atoms with Crippen molar-refractivity contribution in [3.05, 3.63) is 45.8 Å². The van der Waals surface area contributed by atoms with Crippen LogP contribution in [0.5, 0.6) is 0 Å². The van der Waals surface area contributed by atoms with Gasteiger partial charge in [-0.25, -0.2) is 0 Å². The molecule has 5 heteroatoms. The van der Waals surface area contributed by atoms with Crippen molar-refractivity contribution in [1.29, 1.82) is 0 Å². The summed E-state index contributed by atoms with van der Waals surface area (Å²) < 4.78 is 0. The van der Waals surface area contributed by atoms with Gasteiger partial charge in [-0.2, -0.15) is 0 Å². The molecule has 2 aromatic rings. The maximum Gasteiger partial charge on any atom is 0.280 e. The minimum atomic E-state index is -0.291. The lowest BCUT2D eigenvalue weighted by Crippen LogP contribution is -2.33. The highest BCUT2D eigenvalue weighted by Crippen LogP contribution is 2.41. The van der Waals surface area contributed by atoms with Crippen LogP contribution in [0.3, 0.4) is 0 Å². The molecule has 1 aliphatic carbocycles. The Morgan fingerprint density at radius 1 is 1.32 bits per heavy atom. The Bertz CT molecular complexity index is 649. The van der Waals surface area contributed by atoms with Gasteiger partial charge in [0.25, 0.3) is 5.69 Å². The van der Waals surface area contributed by atoms with Crippen LogP contribution < -0.4 is 4.90 Å². The lowest BCUT2D eigenvalue weighted by molar-refractivity contribution is -0.384. The number of benzene rings is 1. The van der Waals surface area contributed by atoms with E-state index >= 15 is 0 Å². The first-order valence-electron chi connectivity index (χ1n) is 7.64. The maximum absolute atomic E-state index is 11.4. The monoisotopic (exact) mass is 315 g/mol. The highest BCUT2D eigenvalue weighted by molar-refractivity contribution is 7.13. The van der Waals surface area contributed by atoms with E-state index < -0.39 is 0 Å². The number of hydrogen-bond donors (Lipinski definition) is 0. The summed E-state index contributed by atoms with van der Waals surface area (Å²) in [4.78, 5) is 14.3. The molecular weight excluding hydrogens is 296 g/mol. The fourth-order valence-electron chi connectivity index (χ4n) is 3.22. The smallest absolute Gasteiger partial charge is 0.280 e. The van der Waals surface area contributed by atoms with E-state index in [1.54, 1.807) is 12.1 Å². The number of thiophene rings is 1. The molecule has 3 rings (SSSR count). The second kappa shape index (κ2) is 6.48. The van der Waals surface area contributed by atoms with Crippen molar-refractivity contribution in [2.75, 3.05) is 11.9 Å². The quantitative estimate of drug-likeness (QED) is 0.596. The third-order valence-corrected chi connectivity index (χ3v) is 5.28. The van der Waals surface area contributed by atoms with Crippen molar-refractivity contribution in [1.82, 2.24) is 0 Å². The molecule has 0 amide bonds. The Balaban J connectivity index is 2.06. The molecule has 1 aromatic carbocycles. The molecule has 1 heterocycles. The summed E-state index contributed by atoms with van der Waals surface area (Å²) in [5, 5.41) is 13.4. The minimum Gasteiger partial charge on any atom is -0.370 e. The molecule has 0 N–H and O–H groups in total. The maximum atomic E-state index is 11.4. The van der Waals surface area contributed by atoms with Crippen LogP contribution >= 0.6 is 11.3 Å². The van der Waals surface area contributed by atoms with Crippen LogP contribution in [0.4, 0.5) is 11.4 Å². The lowest BCUT2D eigenvalue weighted by Gasteiger charge is -2.33. The molecule has 0 saturated heterocycles. The molecule has 0 atom stereocenters. The van der Waals surface area contributed by atoms with Crippen LogP contribution in [-0.2, 0) is 0 Å². The molecule has 0 bridgehead atoms. The molecule has 0 unspecified atom stereocenters. The highest BCUT2D eigenvalue weighted by Gasteiger charge is 2.26. The lowest BCUT2D eigenvalue weighted by atomic mass is 9.93. The summed E-state index contributed by atoms with van der Waals surface area (Å²) in [6.07, 6.45) is 6.06. The predicted octanol–water partition coefficient (Wildman–Crippen LogP) is 4.89. The summed E-state index contributed by atoms with van der Waals surface area (Å²) in [5.41, 5.74) is 1.72. The third kappa shape index (κ3) is 2.86. The molecule has 1 aliphatic rings. The van der Waals surface area contributed by atoms with Crippen LogP contribution in [0.25, 0.3) is 10.4 Å². The van der Waals surface area contributed by atoms with Gasteiger partial charge in [0.15, 0.2) is 0 Å². The fraction of sp³-hybridized carbons (Fsp3) is 0.412. The van der Waals surface area contributed by atoms with E-state index in [0.29, 0.717) is 11.6 Å². The summed E-state index contributed by atoms with van der Waals surface area (Å²) in [6, 6.07) is 10.8. The molecular formula is C17H19N2O2S. The number of rotatable bonds is 4. The van der Waals surface area contributed by atoms with Gasteiger partial charge in [-0.3, -0.25) is 10.1 Å². The molecule has 22 heavy (non-hydrogen) atoms. The van der Waals surface area contributed by atoms with Crippen LogP contribution in [0.15, 0.2) is 29.6 Å². The molecule has 1 fully saturated rings. The van der Waals surface area contributed by atoms with Crippen molar-refractivity contribution in [2.24, 2.45) is 0 Å². The second-order valence-electron chi connectivity index (χ2n) is 5.72. The molecule has 1 radical (unpaired) electrons. The first-order valence-corrected chi connectivity index (χ1v) is 8.52. The summed E-state index contributed by atoms with van der Waals surface area (Å²) >= 11 is 1.53. The zero-order chi connectivity index (χ0) is 15.5. The van der Waals surface area contributed by atoms with Gasteiger partial charge in [0.1, 0.15) is 0 Å². The van der Waals surface area contributed by atoms with E-state index in [-0.39, 0.29) is 10.6 Å². The van der Waals surface area contributed by atoms with Crippen LogP contribution in [-0.4, -0.2) is 18.0 Å². The van der Waals surface area contributed by atoms with Gasteiger partial charge in [-0.05, 0) is 30.4 Å². The molecule has 0 spiro atoms. The number of nitrogens with zero attached hydrogens (tertiary/aromatic N) is 2. The second-order valence-corrected chi connectivity index (χ2v) is 6.67. The van der Waals surface area contributed by atoms with Crippen molar-refractivity contribution >= 4 is 22.7 Å². The number of anilines is 1. The predicted molar refractivity (Wildman–Crippen MR) is 90.5 cm³/mol. The van der Waals surface area contributed by atoms with Gasteiger partial charge in [0.2, 0.25) is 0 Å². The molecule has 1 saturated carbocycles. The van der Waals surface area contributed by atoms with Crippen LogP contribution in [0.2, 0.25) is 0 Å². The topological polar surface area (TPSA) is 46.4 Å². The average Bonchev–Trinajstić information content (AvgIpc) is 3.08. The first kappa shape index (κ1) is 15.0. The van der Waals surface area contributed by atoms with Crippen LogP contribution in [0, 0.1) is 16.2 Å². The van der Waals surface area contributed by atoms with Gasteiger partial charge in [0, 0.05) is 30.1 Å². The normalized spacial score (nSPS) is 15.7. The van der Waals surface area contributed by atoms with E-state index in [9.17, 15) is 10.1 Å². The van der Waals surface area contributed by atoms with Crippen molar-refractivity contribution in [2.45, 2.75) is 38.1 Å². The minimum absolute atomic E-state index is 0.166. The fourth-order valence-corrected chi connectivity index (χ4v) is 4.00. The summed E-state index contributed by atoms with van der Waals surface area (Å²) in [7, 11) is 2.04. The van der Waals surface area contributed by atoms with E-state index in [1.165, 1.54) is 30.6 Å². The summed E-state index contributed by atoms with van der Waals surface area (Å²) in [6.45, 7) is 0. The van der Waals surface area contributed by atoms with Crippen molar-refractivity contribution in [3.8, 4) is 10.4 Å². The Hall–Kier alpha value is -1.88. The Kier molecular flexibility index (Phi) is 4.43. The number of nitro groups is 1. The van der Waals surface area contributed by atoms with Gasteiger partial charge >= 0.3 is 0 Å².